The van der Waals surface area contributed by atoms with E-state index in [9.17, 15) is 24.9 Å². The zero-order valence-electron chi connectivity index (χ0n) is 26.7. The summed E-state index contributed by atoms with van der Waals surface area (Å²) in [6, 6.07) is 0. The lowest BCUT2D eigenvalue weighted by Crippen LogP contribution is -2.45. The van der Waals surface area contributed by atoms with E-state index in [-0.39, 0.29) is 31.0 Å². The van der Waals surface area contributed by atoms with Gasteiger partial charge in [-0.3, -0.25) is 4.79 Å². The molecule has 0 amide bonds. The Morgan fingerprint density at radius 2 is 1.79 bits per heavy atom. The van der Waals surface area contributed by atoms with E-state index in [0.717, 1.165) is 11.1 Å². The highest BCUT2D eigenvalue weighted by Gasteiger charge is 2.37. The van der Waals surface area contributed by atoms with E-state index >= 15 is 0 Å². The Hall–Kier alpha value is -2.32. The van der Waals surface area contributed by atoms with Gasteiger partial charge in [0.15, 0.2) is 5.78 Å². The Kier molecular flexibility index (Phi) is 18.0. The van der Waals surface area contributed by atoms with Crippen LogP contribution in [0.15, 0.2) is 59.3 Å². The lowest BCUT2D eigenvalue weighted by Gasteiger charge is -2.33. The van der Waals surface area contributed by atoms with Crippen molar-refractivity contribution in [1.82, 2.24) is 0 Å². The predicted octanol–water partition coefficient (Wildman–Crippen LogP) is 6.15. The normalized spacial score (nSPS) is 32.8. The van der Waals surface area contributed by atoms with Gasteiger partial charge < -0.3 is 24.8 Å². The smallest absolute Gasteiger partial charge is 0.334 e. The summed E-state index contributed by atoms with van der Waals surface area (Å²) in [5.41, 5.74) is 2.28. The third-order valence-corrected chi connectivity index (χ3v) is 8.19. The number of ether oxygens (including phenoxy) is 2. The second-order valence-corrected chi connectivity index (χ2v) is 12.0. The molecule has 0 aliphatic carbocycles. The molecule has 3 N–H and O–H groups in total. The summed E-state index contributed by atoms with van der Waals surface area (Å²) < 4.78 is 11.7. The Bertz CT molecular complexity index is 1000. The molecule has 0 aromatic rings. The number of aliphatic hydroxyl groups is 3. The third kappa shape index (κ3) is 12.1. The van der Waals surface area contributed by atoms with Crippen molar-refractivity contribution in [1.29, 1.82) is 0 Å². The topological polar surface area (TPSA) is 113 Å². The summed E-state index contributed by atoms with van der Waals surface area (Å²) in [5, 5.41) is 32.1. The molecule has 1 rings (SSSR count). The first-order valence-electron chi connectivity index (χ1n) is 14.8. The van der Waals surface area contributed by atoms with E-state index in [4.69, 9.17) is 9.47 Å². The molecule has 42 heavy (non-hydrogen) atoms. The Morgan fingerprint density at radius 3 is 2.36 bits per heavy atom. The maximum absolute atomic E-state index is 13.2. The second kappa shape index (κ2) is 19.1. The average molecular weight is 591 g/mol. The number of rotatable bonds is 9. The molecule has 1 aliphatic rings. The number of ketones is 1. The van der Waals surface area contributed by atoms with Gasteiger partial charge in [-0.15, -0.1) is 0 Å². The molecule has 0 fully saturated rings. The van der Waals surface area contributed by atoms with Gasteiger partial charge in [-0.25, -0.2) is 4.79 Å². The largest absolute Gasteiger partial charge is 0.456 e. The van der Waals surface area contributed by atoms with Crippen LogP contribution in [-0.2, 0) is 19.1 Å². The maximum atomic E-state index is 13.2. The lowest BCUT2D eigenvalue weighted by molar-refractivity contribution is -0.158. The number of carbonyl (C=O) groups excluding carboxylic acids is 2. The van der Waals surface area contributed by atoms with Crippen LogP contribution in [0, 0.1) is 29.6 Å². The zero-order chi connectivity index (χ0) is 31.4. The number of aliphatic hydroxyl groups excluding tert-OH is 3. The molecule has 1 aliphatic heterocycles. The van der Waals surface area contributed by atoms with Gasteiger partial charge in [0.25, 0.3) is 0 Å². The van der Waals surface area contributed by atoms with E-state index in [1.165, 1.54) is 13.2 Å². The minimum atomic E-state index is -1.13. The van der Waals surface area contributed by atoms with Crippen molar-refractivity contribution in [2.45, 2.75) is 113 Å². The SMILES string of the molecule is C.CC[C@H](O)[C@@H](C)/C=C/C(=O)[C@@H](C)C(O)[C@@H](C)C1OC(=O)/C(C)=C/C(C)=C\[C@H](C)C(O)[C@@H](C)C/C(C)=C/C=C/[C@H]1OC. The maximum Gasteiger partial charge on any atom is 0.334 e. The number of hydrogen-bond donors (Lipinski definition) is 3. The highest BCUT2D eigenvalue weighted by atomic mass is 16.6. The van der Waals surface area contributed by atoms with Crippen LogP contribution in [0.2, 0.25) is 0 Å². The van der Waals surface area contributed by atoms with E-state index in [1.807, 2.05) is 59.8 Å². The fraction of sp³-hybridized carbons (Fsp3) is 0.657. The van der Waals surface area contributed by atoms with Crippen LogP contribution in [0.1, 0.15) is 82.6 Å². The van der Waals surface area contributed by atoms with Crippen LogP contribution in [-0.4, -0.2) is 64.7 Å². The Morgan fingerprint density at radius 1 is 1.17 bits per heavy atom. The molecule has 7 heteroatoms. The zero-order valence-corrected chi connectivity index (χ0v) is 26.7. The molecular formula is C35H58O7. The van der Waals surface area contributed by atoms with Crippen molar-refractivity contribution < 1.29 is 34.4 Å². The quantitative estimate of drug-likeness (QED) is 0.218. The van der Waals surface area contributed by atoms with E-state index in [1.54, 1.807) is 39.0 Å². The number of cyclic esters (lactones) is 1. The summed E-state index contributed by atoms with van der Waals surface area (Å²) in [7, 11) is 1.51. The van der Waals surface area contributed by atoms with Crippen LogP contribution < -0.4 is 0 Å². The van der Waals surface area contributed by atoms with Gasteiger partial charge in [0.1, 0.15) is 12.2 Å². The molecule has 0 aromatic carbocycles. The van der Waals surface area contributed by atoms with Gasteiger partial charge >= 0.3 is 5.97 Å². The predicted molar refractivity (Wildman–Crippen MR) is 171 cm³/mol. The summed E-state index contributed by atoms with van der Waals surface area (Å²) in [4.78, 5) is 26.2. The number of allylic oxidation sites excluding steroid dienone is 6. The third-order valence-electron chi connectivity index (χ3n) is 8.19. The van der Waals surface area contributed by atoms with Gasteiger partial charge in [0, 0.05) is 36.4 Å². The fourth-order valence-electron chi connectivity index (χ4n) is 5.23. The van der Waals surface area contributed by atoms with Crippen LogP contribution in [0.25, 0.3) is 0 Å². The number of hydrogen-bond acceptors (Lipinski definition) is 7. The molecule has 0 spiro atoms. The molecule has 0 bridgehead atoms. The molecule has 10 atom stereocenters. The van der Waals surface area contributed by atoms with Crippen molar-refractivity contribution in [3.63, 3.8) is 0 Å². The molecule has 3 unspecified atom stereocenters. The number of carbonyl (C=O) groups is 2. The van der Waals surface area contributed by atoms with Crippen molar-refractivity contribution in [3.8, 4) is 0 Å². The first kappa shape index (κ1) is 39.7. The van der Waals surface area contributed by atoms with Crippen LogP contribution >= 0.6 is 0 Å². The molecule has 0 saturated carbocycles. The van der Waals surface area contributed by atoms with Gasteiger partial charge in [0.05, 0.1) is 18.3 Å². The molecule has 0 aromatic heterocycles. The van der Waals surface area contributed by atoms with Gasteiger partial charge in [-0.2, -0.15) is 0 Å². The minimum absolute atomic E-state index is 0. The van der Waals surface area contributed by atoms with Crippen LogP contribution in [0.4, 0.5) is 0 Å². The monoisotopic (exact) mass is 590 g/mol. The molecule has 1 heterocycles. The van der Waals surface area contributed by atoms with E-state index < -0.39 is 48.3 Å². The lowest BCUT2D eigenvalue weighted by atomic mass is 9.84. The van der Waals surface area contributed by atoms with Gasteiger partial charge in [0.2, 0.25) is 0 Å². The Labute approximate surface area is 255 Å². The first-order chi connectivity index (χ1) is 19.1. The van der Waals surface area contributed by atoms with Crippen LogP contribution in [0.5, 0.6) is 0 Å². The fourth-order valence-corrected chi connectivity index (χ4v) is 5.23. The molecular weight excluding hydrogens is 532 g/mol. The van der Waals surface area contributed by atoms with Crippen molar-refractivity contribution >= 4 is 11.8 Å². The Balaban J connectivity index is 0.0000168. The summed E-state index contributed by atoms with van der Waals surface area (Å²) in [5.74, 6) is -2.52. The highest BCUT2D eigenvalue weighted by molar-refractivity contribution is 5.92. The van der Waals surface area contributed by atoms with Crippen molar-refractivity contribution in [3.05, 3.63) is 59.3 Å². The van der Waals surface area contributed by atoms with Crippen molar-refractivity contribution in [2.75, 3.05) is 7.11 Å². The summed E-state index contributed by atoms with van der Waals surface area (Å²) >= 11 is 0. The second-order valence-electron chi connectivity index (χ2n) is 12.0. The molecule has 0 saturated heterocycles. The van der Waals surface area contributed by atoms with Crippen LogP contribution in [0.3, 0.4) is 0 Å². The molecule has 7 nitrogen and oxygen atoms in total. The van der Waals surface area contributed by atoms with Crippen molar-refractivity contribution in [2.24, 2.45) is 29.6 Å². The molecule has 0 radical (unpaired) electrons. The summed E-state index contributed by atoms with van der Waals surface area (Å²) in [6.45, 7) is 16.6. The first-order valence-corrected chi connectivity index (χ1v) is 14.8. The van der Waals surface area contributed by atoms with Gasteiger partial charge in [-0.1, -0.05) is 90.5 Å². The summed E-state index contributed by atoms with van der Waals surface area (Å²) in [6.07, 6.45) is 9.82. The number of methoxy groups -OCH3 is 1. The average Bonchev–Trinajstić information content (AvgIpc) is 2.93. The minimum Gasteiger partial charge on any atom is -0.456 e. The standard InChI is InChI=1S/C34H54O7.CH4/c1-11-28(35)22(4)15-16-29(36)26(8)32(38)27(9)33-30(40-10)14-12-13-20(2)17-23(5)31(37)24(6)18-21(3)19-25(7)34(39)41-33;/h12-16,18-19,22-24,26-28,30-33,35,37-38H,11,17H2,1-10H3;1H4/b14-12+,16-15+,20-13+,21-18-,25-19+;/t22-,23-,24-,26+,27+,28-,30+,31?,32?,33?;/m0./s1. The van der Waals surface area contributed by atoms with E-state index in [2.05, 4.69) is 0 Å². The van der Waals surface area contributed by atoms with Gasteiger partial charge in [-0.05, 0) is 51.7 Å². The van der Waals surface area contributed by atoms with E-state index in [0.29, 0.717) is 18.4 Å². The highest BCUT2D eigenvalue weighted by Crippen LogP contribution is 2.27. The molecule has 240 valence electrons. The number of esters is 1.